The van der Waals surface area contributed by atoms with Crippen molar-refractivity contribution in [1.82, 2.24) is 10.0 Å². The summed E-state index contributed by atoms with van der Waals surface area (Å²) in [4.78, 5) is 34.1. The highest BCUT2D eigenvalue weighted by Gasteiger charge is 2.30. The predicted molar refractivity (Wildman–Crippen MR) is 176 cm³/mol. The maximum atomic E-state index is 12.0. The van der Waals surface area contributed by atoms with Gasteiger partial charge in [0.25, 0.3) is 0 Å². The van der Waals surface area contributed by atoms with E-state index in [1.807, 2.05) is 72.8 Å². The van der Waals surface area contributed by atoms with Crippen LogP contribution in [0, 0.1) is 0 Å². The maximum Gasteiger partial charge on any atom is 0.329 e. The molecule has 1 aliphatic heterocycles. The molecule has 1 unspecified atom stereocenters. The molecule has 47 heavy (non-hydrogen) atoms. The predicted octanol–water partition coefficient (Wildman–Crippen LogP) is 6.96. The number of rotatable bonds is 16. The van der Waals surface area contributed by atoms with Gasteiger partial charge in [0.1, 0.15) is 5.75 Å². The molecule has 0 aliphatic carbocycles. The van der Waals surface area contributed by atoms with Crippen LogP contribution in [0.3, 0.4) is 0 Å². The fourth-order valence-electron chi connectivity index (χ4n) is 5.10. The van der Waals surface area contributed by atoms with E-state index in [4.69, 9.17) is 28.8 Å². The van der Waals surface area contributed by atoms with Crippen LogP contribution in [0.15, 0.2) is 84.9 Å². The van der Waals surface area contributed by atoms with E-state index in [9.17, 15) is 14.7 Å². The highest BCUT2D eigenvalue weighted by molar-refractivity contribution is 5.76. The normalized spacial score (nSPS) is 12.7. The van der Waals surface area contributed by atoms with E-state index < -0.39 is 17.6 Å². The number of carbonyl (C=O) groups is 2. The first kappa shape index (κ1) is 33.3. The lowest BCUT2D eigenvalue weighted by Gasteiger charge is -2.31. The molecule has 1 N–H and O–H groups in total. The van der Waals surface area contributed by atoms with Gasteiger partial charge in [-0.1, -0.05) is 54.6 Å². The third kappa shape index (κ3) is 9.23. The standard InChI is InChI=1S/C37H40N2O8/c1-37(2,3)47-39(24-40)31(36(41)42)21-28-14-8-9-15-32(28)43-18-10-5-11-19-44-35-23-29(20-30(38-35)26-12-6-4-7-13-26)27-16-17-33-34(22-27)46-25-45-33/h4,6-9,12-17,20,22-24,31H,5,10-11,18-19,21,25H2,1-3H3,(H,41,42). The number of nitrogens with zero attached hydrogens (tertiary/aromatic N) is 2. The van der Waals surface area contributed by atoms with E-state index in [0.29, 0.717) is 42.6 Å². The molecule has 10 nitrogen and oxygen atoms in total. The molecule has 0 fully saturated rings. The average molecular weight is 641 g/mol. The molecule has 0 saturated carbocycles. The number of aliphatic carboxylic acids is 1. The Morgan fingerprint density at radius 3 is 2.34 bits per heavy atom. The number of fused-ring (bicyclic) bond motifs is 1. The minimum absolute atomic E-state index is 0.0391. The minimum Gasteiger partial charge on any atom is -0.493 e. The van der Waals surface area contributed by atoms with Gasteiger partial charge in [0.15, 0.2) is 17.5 Å². The van der Waals surface area contributed by atoms with Crippen molar-refractivity contribution < 1.29 is 38.5 Å². The second kappa shape index (κ2) is 15.5. The summed E-state index contributed by atoms with van der Waals surface area (Å²) in [6.07, 6.45) is 2.86. The number of ether oxygens (including phenoxy) is 4. The number of para-hydroxylation sites is 1. The van der Waals surface area contributed by atoms with Crippen LogP contribution >= 0.6 is 0 Å². The van der Waals surface area contributed by atoms with Crippen molar-refractivity contribution in [2.75, 3.05) is 20.0 Å². The summed E-state index contributed by atoms with van der Waals surface area (Å²) in [6, 6.07) is 25.9. The third-order valence-corrected chi connectivity index (χ3v) is 7.33. The first-order chi connectivity index (χ1) is 22.7. The fraction of sp³-hybridized carbons (Fsp3) is 0.324. The molecule has 5 rings (SSSR count). The van der Waals surface area contributed by atoms with Crippen LogP contribution in [0.1, 0.15) is 45.6 Å². The number of hydrogen-bond donors (Lipinski definition) is 1. The molecule has 3 aromatic carbocycles. The van der Waals surface area contributed by atoms with Crippen LogP contribution in [0.4, 0.5) is 0 Å². The van der Waals surface area contributed by atoms with Gasteiger partial charge in [-0.2, -0.15) is 0 Å². The Kier molecular flexibility index (Phi) is 11.0. The first-order valence-electron chi connectivity index (χ1n) is 15.7. The first-order valence-corrected chi connectivity index (χ1v) is 15.7. The van der Waals surface area contributed by atoms with Crippen molar-refractivity contribution >= 4 is 12.4 Å². The van der Waals surface area contributed by atoms with Crippen molar-refractivity contribution in [3.05, 3.63) is 90.5 Å². The van der Waals surface area contributed by atoms with Gasteiger partial charge in [-0.25, -0.2) is 14.8 Å². The van der Waals surface area contributed by atoms with E-state index in [1.54, 1.807) is 32.9 Å². The van der Waals surface area contributed by atoms with Crippen molar-refractivity contribution in [2.45, 2.75) is 58.1 Å². The van der Waals surface area contributed by atoms with Crippen LogP contribution < -0.4 is 18.9 Å². The second-order valence-electron chi connectivity index (χ2n) is 12.1. The lowest BCUT2D eigenvalue weighted by molar-refractivity contribution is -0.234. The Bertz CT molecular complexity index is 1650. The summed E-state index contributed by atoms with van der Waals surface area (Å²) in [5.41, 5.74) is 3.69. The number of benzene rings is 3. The molecule has 0 spiro atoms. The van der Waals surface area contributed by atoms with Gasteiger partial charge < -0.3 is 24.1 Å². The maximum absolute atomic E-state index is 12.0. The van der Waals surface area contributed by atoms with Crippen molar-refractivity contribution in [1.29, 1.82) is 0 Å². The van der Waals surface area contributed by atoms with Gasteiger partial charge >= 0.3 is 5.97 Å². The van der Waals surface area contributed by atoms with Crippen molar-refractivity contribution in [3.63, 3.8) is 0 Å². The summed E-state index contributed by atoms with van der Waals surface area (Å²) < 4.78 is 23.2. The molecular weight excluding hydrogens is 600 g/mol. The number of hydroxylamine groups is 2. The molecule has 1 atom stereocenters. The summed E-state index contributed by atoms with van der Waals surface area (Å²) in [6.45, 7) is 6.40. The second-order valence-corrected chi connectivity index (χ2v) is 12.1. The highest BCUT2D eigenvalue weighted by atomic mass is 16.7. The van der Waals surface area contributed by atoms with Gasteiger partial charge in [0.2, 0.25) is 19.1 Å². The smallest absolute Gasteiger partial charge is 0.329 e. The van der Waals surface area contributed by atoms with Crippen molar-refractivity contribution in [2.24, 2.45) is 0 Å². The summed E-state index contributed by atoms with van der Waals surface area (Å²) >= 11 is 0. The average Bonchev–Trinajstić information content (AvgIpc) is 3.54. The van der Waals surface area contributed by atoms with Crippen LogP contribution in [-0.2, 0) is 20.8 Å². The quantitative estimate of drug-likeness (QED) is 0.0788. The molecule has 10 heteroatoms. The van der Waals surface area contributed by atoms with Crippen LogP contribution in [0.2, 0.25) is 0 Å². The molecule has 1 amide bonds. The van der Waals surface area contributed by atoms with Gasteiger partial charge in [0, 0.05) is 18.1 Å². The van der Waals surface area contributed by atoms with Gasteiger partial charge in [-0.3, -0.25) is 9.63 Å². The summed E-state index contributed by atoms with van der Waals surface area (Å²) in [5, 5.41) is 10.7. The monoisotopic (exact) mass is 640 g/mol. The molecule has 246 valence electrons. The van der Waals surface area contributed by atoms with Gasteiger partial charge in [-0.05, 0) is 81.0 Å². The SMILES string of the molecule is CC(C)(C)ON(C=O)C(Cc1ccccc1OCCCCCOc1cc(-c2ccc3c(c2)OCO3)cc(-c2ccccc2)n1)C(=O)O. The molecule has 4 aromatic rings. The zero-order chi connectivity index (χ0) is 33.2. The number of hydrogen-bond acceptors (Lipinski definition) is 8. The van der Waals surface area contributed by atoms with E-state index in [2.05, 4.69) is 0 Å². The van der Waals surface area contributed by atoms with Gasteiger partial charge in [-0.15, -0.1) is 0 Å². The van der Waals surface area contributed by atoms with Crippen LogP contribution in [0.25, 0.3) is 22.4 Å². The zero-order valence-corrected chi connectivity index (χ0v) is 26.9. The molecule has 0 radical (unpaired) electrons. The number of unbranched alkanes of at least 4 members (excludes halogenated alkanes) is 2. The molecule has 1 aliphatic rings. The Morgan fingerprint density at radius 1 is 0.872 bits per heavy atom. The van der Waals surface area contributed by atoms with Gasteiger partial charge in [0.05, 0.1) is 24.5 Å². The molecule has 0 saturated heterocycles. The molecule has 0 bridgehead atoms. The lowest BCUT2D eigenvalue weighted by Crippen LogP contribution is -2.45. The molecule has 1 aromatic heterocycles. The number of carbonyl (C=O) groups excluding carboxylic acids is 1. The van der Waals surface area contributed by atoms with Crippen LogP contribution in [-0.4, -0.2) is 59.2 Å². The lowest BCUT2D eigenvalue weighted by atomic mass is 10.0. The summed E-state index contributed by atoms with van der Waals surface area (Å²) in [5.74, 6) is 1.40. The fourth-order valence-corrected chi connectivity index (χ4v) is 5.10. The van der Waals surface area contributed by atoms with E-state index in [0.717, 1.165) is 52.5 Å². The largest absolute Gasteiger partial charge is 0.493 e. The minimum atomic E-state index is -1.20. The number of carboxylic acid groups (broad SMARTS) is 1. The Hall–Kier alpha value is -5.09. The van der Waals surface area contributed by atoms with Crippen molar-refractivity contribution in [3.8, 4) is 45.5 Å². The summed E-state index contributed by atoms with van der Waals surface area (Å²) in [7, 11) is 0. The van der Waals surface area contributed by atoms with E-state index in [-0.39, 0.29) is 13.2 Å². The van der Waals surface area contributed by atoms with E-state index in [1.165, 1.54) is 0 Å². The number of amides is 1. The third-order valence-electron chi connectivity index (χ3n) is 7.33. The Labute approximate surface area is 274 Å². The molecular formula is C37H40N2O8. The topological polar surface area (TPSA) is 117 Å². The molecule has 2 heterocycles. The Morgan fingerprint density at radius 2 is 1.60 bits per heavy atom. The number of aromatic nitrogens is 1. The number of pyridine rings is 1. The van der Waals surface area contributed by atoms with E-state index >= 15 is 0 Å². The number of carboxylic acids is 1. The zero-order valence-electron chi connectivity index (χ0n) is 26.9. The highest BCUT2D eigenvalue weighted by Crippen LogP contribution is 2.37. The Balaban J connectivity index is 1.15. The van der Waals surface area contributed by atoms with Crippen LogP contribution in [0.5, 0.6) is 23.1 Å².